The summed E-state index contributed by atoms with van der Waals surface area (Å²) in [7, 11) is 0. The number of urea groups is 1. The second-order valence-corrected chi connectivity index (χ2v) is 6.70. The molecule has 0 spiro atoms. The fourth-order valence-corrected chi connectivity index (χ4v) is 3.10. The van der Waals surface area contributed by atoms with Crippen LogP contribution in [0.25, 0.3) is 0 Å². The van der Waals surface area contributed by atoms with Gasteiger partial charge in [0.15, 0.2) is 0 Å². The van der Waals surface area contributed by atoms with Crippen molar-refractivity contribution in [3.63, 3.8) is 0 Å². The van der Waals surface area contributed by atoms with Crippen molar-refractivity contribution < 1.29 is 4.79 Å². The third-order valence-electron chi connectivity index (χ3n) is 4.95. The van der Waals surface area contributed by atoms with Gasteiger partial charge in [-0.15, -0.1) is 0 Å². The first-order chi connectivity index (χ1) is 12.0. The molecule has 3 rings (SSSR count). The van der Waals surface area contributed by atoms with Gasteiger partial charge in [-0.1, -0.05) is 18.2 Å². The maximum Gasteiger partial charge on any atom is 0.317 e. The molecule has 0 radical (unpaired) electrons. The molecular formula is C20H26N4O. The van der Waals surface area contributed by atoms with Crippen molar-refractivity contribution in [2.45, 2.75) is 26.8 Å². The van der Waals surface area contributed by atoms with Crippen LogP contribution in [0.1, 0.15) is 29.7 Å². The maximum absolute atomic E-state index is 12.6. The number of anilines is 1. The molecule has 5 heteroatoms. The molecule has 132 valence electrons. The Hall–Kier alpha value is -2.56. The molecule has 0 bridgehead atoms. The fraction of sp³-hybridized carbons (Fsp3) is 0.400. The van der Waals surface area contributed by atoms with E-state index in [-0.39, 0.29) is 12.1 Å². The Morgan fingerprint density at radius 1 is 1.12 bits per heavy atom. The topological polar surface area (TPSA) is 48.5 Å². The molecule has 0 aliphatic carbocycles. The van der Waals surface area contributed by atoms with E-state index in [0.717, 1.165) is 37.4 Å². The molecule has 25 heavy (non-hydrogen) atoms. The van der Waals surface area contributed by atoms with Crippen molar-refractivity contribution in [1.82, 2.24) is 15.2 Å². The summed E-state index contributed by atoms with van der Waals surface area (Å²) in [5.74, 6) is 0. The van der Waals surface area contributed by atoms with Crippen LogP contribution < -0.4 is 10.2 Å². The van der Waals surface area contributed by atoms with Gasteiger partial charge in [-0.2, -0.15) is 0 Å². The van der Waals surface area contributed by atoms with E-state index in [0.29, 0.717) is 0 Å². The lowest BCUT2D eigenvalue weighted by Crippen LogP contribution is -2.52. The lowest BCUT2D eigenvalue weighted by atomic mass is 10.0. The van der Waals surface area contributed by atoms with Crippen molar-refractivity contribution in [2.24, 2.45) is 0 Å². The Labute approximate surface area is 149 Å². The molecule has 5 nitrogen and oxygen atoms in total. The predicted octanol–water partition coefficient (Wildman–Crippen LogP) is 3.29. The first-order valence-electron chi connectivity index (χ1n) is 8.82. The molecule has 1 aliphatic heterocycles. The minimum atomic E-state index is 0.00292. The van der Waals surface area contributed by atoms with Gasteiger partial charge in [-0.3, -0.25) is 4.98 Å². The average molecular weight is 338 g/mol. The highest BCUT2D eigenvalue weighted by atomic mass is 16.2. The van der Waals surface area contributed by atoms with Crippen LogP contribution in [0.5, 0.6) is 0 Å². The molecule has 2 heterocycles. The van der Waals surface area contributed by atoms with Crippen molar-refractivity contribution in [2.75, 3.05) is 31.1 Å². The van der Waals surface area contributed by atoms with Gasteiger partial charge >= 0.3 is 6.03 Å². The van der Waals surface area contributed by atoms with Gasteiger partial charge in [0.25, 0.3) is 0 Å². The summed E-state index contributed by atoms with van der Waals surface area (Å²) < 4.78 is 0. The molecular weight excluding hydrogens is 312 g/mol. The highest BCUT2D eigenvalue weighted by molar-refractivity contribution is 5.75. The van der Waals surface area contributed by atoms with E-state index in [1.54, 1.807) is 6.20 Å². The first-order valence-corrected chi connectivity index (χ1v) is 8.82. The zero-order chi connectivity index (χ0) is 17.8. The maximum atomic E-state index is 12.6. The highest BCUT2D eigenvalue weighted by Crippen LogP contribution is 2.18. The fourth-order valence-electron chi connectivity index (χ4n) is 3.10. The van der Waals surface area contributed by atoms with Gasteiger partial charge in [0, 0.05) is 32.4 Å². The standard InChI is InChI=1S/C20H26N4O/c1-15-6-7-18(13-16(15)2)17(3)22-20(25)24-11-9-23(10-12-24)19-5-4-8-21-14-19/h4-8,13-14,17H,9-12H2,1-3H3,(H,22,25)/t17-/m0/s1. The van der Waals surface area contributed by atoms with Crippen LogP contribution in [0.3, 0.4) is 0 Å². The van der Waals surface area contributed by atoms with Gasteiger partial charge < -0.3 is 15.1 Å². The highest BCUT2D eigenvalue weighted by Gasteiger charge is 2.22. The van der Waals surface area contributed by atoms with E-state index in [1.165, 1.54) is 11.1 Å². The second-order valence-electron chi connectivity index (χ2n) is 6.70. The number of rotatable bonds is 3. The molecule has 1 aromatic heterocycles. The summed E-state index contributed by atoms with van der Waals surface area (Å²) in [6.07, 6.45) is 3.65. The number of amides is 2. The van der Waals surface area contributed by atoms with Crippen molar-refractivity contribution >= 4 is 11.7 Å². The summed E-state index contributed by atoms with van der Waals surface area (Å²) in [4.78, 5) is 20.9. The third kappa shape index (κ3) is 4.10. The van der Waals surface area contributed by atoms with Gasteiger partial charge in [-0.05, 0) is 49.6 Å². The monoisotopic (exact) mass is 338 g/mol. The zero-order valence-corrected chi connectivity index (χ0v) is 15.2. The number of carbonyl (C=O) groups is 1. The lowest BCUT2D eigenvalue weighted by Gasteiger charge is -2.36. The molecule has 1 aromatic carbocycles. The zero-order valence-electron chi connectivity index (χ0n) is 15.2. The summed E-state index contributed by atoms with van der Waals surface area (Å²) in [6.45, 7) is 9.35. The first kappa shape index (κ1) is 17.3. The largest absolute Gasteiger partial charge is 0.367 e. The van der Waals surface area contributed by atoms with Gasteiger partial charge in [0.05, 0.1) is 17.9 Å². The van der Waals surface area contributed by atoms with Gasteiger partial charge in [0.1, 0.15) is 0 Å². The normalized spacial score (nSPS) is 15.8. The molecule has 0 unspecified atom stereocenters. The van der Waals surface area contributed by atoms with Crippen molar-refractivity contribution in [1.29, 1.82) is 0 Å². The van der Waals surface area contributed by atoms with Crippen LogP contribution >= 0.6 is 0 Å². The van der Waals surface area contributed by atoms with E-state index in [9.17, 15) is 4.79 Å². The third-order valence-corrected chi connectivity index (χ3v) is 4.95. The number of piperazine rings is 1. The average Bonchev–Trinajstić information content (AvgIpc) is 2.64. The number of aromatic nitrogens is 1. The summed E-state index contributed by atoms with van der Waals surface area (Å²) in [5, 5.41) is 3.12. The van der Waals surface area contributed by atoms with Crippen LogP contribution in [0.15, 0.2) is 42.7 Å². The summed E-state index contributed by atoms with van der Waals surface area (Å²) in [6, 6.07) is 10.4. The van der Waals surface area contributed by atoms with Crippen LogP contribution in [0.2, 0.25) is 0 Å². The molecule has 1 atom stereocenters. The second kappa shape index (κ2) is 7.55. The molecule has 2 amide bonds. The van der Waals surface area contributed by atoms with Crippen LogP contribution in [-0.4, -0.2) is 42.1 Å². The molecule has 1 N–H and O–H groups in total. The van der Waals surface area contributed by atoms with E-state index in [4.69, 9.17) is 0 Å². The summed E-state index contributed by atoms with van der Waals surface area (Å²) in [5.41, 5.74) is 4.79. The van der Waals surface area contributed by atoms with Gasteiger partial charge in [-0.25, -0.2) is 4.79 Å². The summed E-state index contributed by atoms with van der Waals surface area (Å²) >= 11 is 0. The van der Waals surface area contributed by atoms with E-state index in [2.05, 4.69) is 53.3 Å². The van der Waals surface area contributed by atoms with Crippen LogP contribution in [-0.2, 0) is 0 Å². The lowest BCUT2D eigenvalue weighted by molar-refractivity contribution is 0.191. The van der Waals surface area contributed by atoms with E-state index in [1.807, 2.05) is 24.1 Å². The smallest absolute Gasteiger partial charge is 0.317 e. The number of benzene rings is 1. The minimum absolute atomic E-state index is 0.00292. The Morgan fingerprint density at radius 3 is 2.52 bits per heavy atom. The Bertz CT molecular complexity index is 724. The molecule has 1 saturated heterocycles. The molecule has 0 saturated carbocycles. The molecule has 2 aromatic rings. The van der Waals surface area contributed by atoms with Crippen LogP contribution in [0, 0.1) is 13.8 Å². The number of pyridine rings is 1. The number of aryl methyl sites for hydroxylation is 2. The van der Waals surface area contributed by atoms with E-state index >= 15 is 0 Å². The number of hydrogen-bond acceptors (Lipinski definition) is 3. The Balaban J connectivity index is 1.55. The number of nitrogens with zero attached hydrogens (tertiary/aromatic N) is 3. The number of hydrogen-bond donors (Lipinski definition) is 1. The molecule has 1 aliphatic rings. The van der Waals surface area contributed by atoms with Crippen molar-refractivity contribution in [3.8, 4) is 0 Å². The quantitative estimate of drug-likeness (QED) is 0.934. The number of carbonyl (C=O) groups excluding carboxylic acids is 1. The van der Waals surface area contributed by atoms with Crippen molar-refractivity contribution in [3.05, 3.63) is 59.4 Å². The number of nitrogens with one attached hydrogen (secondary N) is 1. The molecule has 1 fully saturated rings. The van der Waals surface area contributed by atoms with Gasteiger partial charge in [0.2, 0.25) is 0 Å². The SMILES string of the molecule is Cc1ccc([C@H](C)NC(=O)N2CCN(c3cccnc3)CC2)cc1C. The Kier molecular flexibility index (Phi) is 5.22. The predicted molar refractivity (Wildman–Crippen MR) is 101 cm³/mol. The van der Waals surface area contributed by atoms with Crippen LogP contribution in [0.4, 0.5) is 10.5 Å². The Morgan fingerprint density at radius 2 is 1.88 bits per heavy atom. The minimum Gasteiger partial charge on any atom is -0.367 e. The van der Waals surface area contributed by atoms with E-state index < -0.39 is 0 Å².